The molecule has 1 aromatic rings. The van der Waals surface area contributed by atoms with E-state index in [1.54, 1.807) is 11.8 Å². The van der Waals surface area contributed by atoms with Gasteiger partial charge >= 0.3 is 0 Å². The fourth-order valence-electron chi connectivity index (χ4n) is 2.49. The Balaban J connectivity index is 1.67. The zero-order chi connectivity index (χ0) is 16.7. The third-order valence-corrected chi connectivity index (χ3v) is 5.26. The summed E-state index contributed by atoms with van der Waals surface area (Å²) >= 11 is 7.48. The van der Waals surface area contributed by atoms with Crippen molar-refractivity contribution in [2.45, 2.75) is 25.1 Å². The maximum Gasteiger partial charge on any atom is 0.230 e. The molecule has 0 aliphatic carbocycles. The SMILES string of the molecule is CC(C)(CNC(=O)CSCc1ccc(Cl)cc1)N1CCOCC1. The predicted octanol–water partition coefficient (Wildman–Crippen LogP) is 2.80. The minimum absolute atomic E-state index is 0.0414. The van der Waals surface area contributed by atoms with Gasteiger partial charge in [-0.05, 0) is 31.5 Å². The number of hydrogen-bond donors (Lipinski definition) is 1. The Morgan fingerprint density at radius 2 is 1.96 bits per heavy atom. The van der Waals surface area contributed by atoms with Crippen molar-refractivity contribution in [3.8, 4) is 0 Å². The van der Waals surface area contributed by atoms with Crippen molar-refractivity contribution in [1.82, 2.24) is 10.2 Å². The molecule has 0 aromatic heterocycles. The van der Waals surface area contributed by atoms with E-state index in [1.165, 1.54) is 5.56 Å². The van der Waals surface area contributed by atoms with Crippen molar-refractivity contribution in [1.29, 1.82) is 0 Å². The van der Waals surface area contributed by atoms with Crippen LogP contribution in [0.5, 0.6) is 0 Å². The molecule has 1 heterocycles. The first-order chi connectivity index (χ1) is 11.0. The summed E-state index contributed by atoms with van der Waals surface area (Å²) in [5.74, 6) is 1.38. The fraction of sp³-hybridized carbons (Fsp3) is 0.588. The standard InChI is InChI=1S/C17H25ClN2O2S/c1-17(2,20-7-9-22-10-8-20)13-19-16(21)12-23-11-14-3-5-15(18)6-4-14/h3-6H,7-13H2,1-2H3,(H,19,21). The van der Waals surface area contributed by atoms with E-state index in [9.17, 15) is 4.79 Å². The molecule has 23 heavy (non-hydrogen) atoms. The molecule has 0 bridgehead atoms. The molecule has 1 fully saturated rings. The minimum atomic E-state index is -0.0414. The van der Waals surface area contributed by atoms with Gasteiger partial charge in [-0.3, -0.25) is 9.69 Å². The van der Waals surface area contributed by atoms with Gasteiger partial charge in [-0.1, -0.05) is 23.7 Å². The first-order valence-corrected chi connectivity index (χ1v) is 9.42. The van der Waals surface area contributed by atoms with Gasteiger partial charge in [0.25, 0.3) is 0 Å². The van der Waals surface area contributed by atoms with Crippen LogP contribution in [0.1, 0.15) is 19.4 Å². The maximum atomic E-state index is 12.0. The summed E-state index contributed by atoms with van der Waals surface area (Å²) in [6, 6.07) is 7.74. The summed E-state index contributed by atoms with van der Waals surface area (Å²) in [4.78, 5) is 14.4. The normalized spacial score (nSPS) is 16.3. The van der Waals surface area contributed by atoms with E-state index in [2.05, 4.69) is 24.1 Å². The van der Waals surface area contributed by atoms with E-state index in [-0.39, 0.29) is 11.4 Å². The van der Waals surface area contributed by atoms with Crippen molar-refractivity contribution in [2.75, 3.05) is 38.6 Å². The Labute approximate surface area is 147 Å². The molecule has 0 saturated carbocycles. The number of morpholine rings is 1. The van der Waals surface area contributed by atoms with Gasteiger partial charge in [0.2, 0.25) is 5.91 Å². The van der Waals surface area contributed by atoms with Crippen LogP contribution in [0, 0.1) is 0 Å². The van der Waals surface area contributed by atoms with Crippen LogP contribution in [-0.4, -0.2) is 54.9 Å². The summed E-state index contributed by atoms with van der Waals surface area (Å²) in [5, 5.41) is 3.79. The number of amides is 1. The molecule has 1 aromatic carbocycles. The van der Waals surface area contributed by atoms with Crippen LogP contribution >= 0.6 is 23.4 Å². The lowest BCUT2D eigenvalue weighted by Crippen LogP contribution is -2.55. The third kappa shape index (κ3) is 6.34. The molecule has 1 aliphatic rings. The van der Waals surface area contributed by atoms with Crippen LogP contribution in [0.25, 0.3) is 0 Å². The number of thioether (sulfide) groups is 1. The molecule has 1 amide bonds. The molecule has 1 N–H and O–H groups in total. The van der Waals surface area contributed by atoms with Crippen LogP contribution in [-0.2, 0) is 15.3 Å². The number of benzene rings is 1. The van der Waals surface area contributed by atoms with Crippen LogP contribution < -0.4 is 5.32 Å². The first-order valence-electron chi connectivity index (χ1n) is 7.89. The van der Waals surface area contributed by atoms with E-state index >= 15 is 0 Å². The largest absolute Gasteiger partial charge is 0.379 e. The minimum Gasteiger partial charge on any atom is -0.379 e. The molecular weight excluding hydrogens is 332 g/mol. The lowest BCUT2D eigenvalue weighted by molar-refractivity contribution is -0.119. The molecule has 4 nitrogen and oxygen atoms in total. The van der Waals surface area contributed by atoms with E-state index in [1.807, 2.05) is 24.3 Å². The van der Waals surface area contributed by atoms with Gasteiger partial charge in [0.05, 0.1) is 19.0 Å². The average molecular weight is 357 g/mol. The van der Waals surface area contributed by atoms with Crippen LogP contribution in [0.4, 0.5) is 0 Å². The molecule has 0 unspecified atom stereocenters. The summed E-state index contributed by atoms with van der Waals surface area (Å²) in [7, 11) is 0. The molecule has 0 spiro atoms. The molecule has 6 heteroatoms. The van der Waals surface area contributed by atoms with E-state index in [0.29, 0.717) is 12.3 Å². The molecule has 1 saturated heterocycles. The Morgan fingerprint density at radius 1 is 1.30 bits per heavy atom. The van der Waals surface area contributed by atoms with Gasteiger partial charge in [-0.25, -0.2) is 0 Å². The van der Waals surface area contributed by atoms with Crippen molar-refractivity contribution in [2.24, 2.45) is 0 Å². The van der Waals surface area contributed by atoms with Gasteiger partial charge in [0.1, 0.15) is 0 Å². The second-order valence-electron chi connectivity index (χ2n) is 6.31. The smallest absolute Gasteiger partial charge is 0.230 e. The third-order valence-electron chi connectivity index (χ3n) is 4.00. The van der Waals surface area contributed by atoms with E-state index < -0.39 is 0 Å². The molecule has 128 valence electrons. The van der Waals surface area contributed by atoms with E-state index in [0.717, 1.165) is 37.1 Å². The van der Waals surface area contributed by atoms with Gasteiger partial charge in [0, 0.05) is 35.9 Å². The van der Waals surface area contributed by atoms with Crippen molar-refractivity contribution in [3.63, 3.8) is 0 Å². The number of hydrogen-bond acceptors (Lipinski definition) is 4. The highest BCUT2D eigenvalue weighted by atomic mass is 35.5. The molecule has 0 atom stereocenters. The van der Waals surface area contributed by atoms with Crippen molar-refractivity contribution >= 4 is 29.3 Å². The maximum absolute atomic E-state index is 12.0. The highest BCUT2D eigenvalue weighted by Crippen LogP contribution is 2.17. The Morgan fingerprint density at radius 3 is 2.61 bits per heavy atom. The quantitative estimate of drug-likeness (QED) is 0.815. The second-order valence-corrected chi connectivity index (χ2v) is 7.73. The highest BCUT2D eigenvalue weighted by molar-refractivity contribution is 7.99. The summed E-state index contributed by atoms with van der Waals surface area (Å²) in [5.41, 5.74) is 1.14. The highest BCUT2D eigenvalue weighted by Gasteiger charge is 2.28. The summed E-state index contributed by atoms with van der Waals surface area (Å²) in [6.45, 7) is 8.39. The Bertz CT molecular complexity index is 502. The lowest BCUT2D eigenvalue weighted by atomic mass is 10.0. The number of carbonyl (C=O) groups is 1. The van der Waals surface area contributed by atoms with Gasteiger partial charge in [-0.15, -0.1) is 11.8 Å². The average Bonchev–Trinajstić information content (AvgIpc) is 2.56. The zero-order valence-electron chi connectivity index (χ0n) is 13.8. The van der Waals surface area contributed by atoms with Gasteiger partial charge < -0.3 is 10.1 Å². The fourth-order valence-corrected chi connectivity index (χ4v) is 3.43. The summed E-state index contributed by atoms with van der Waals surface area (Å²) < 4.78 is 5.38. The number of nitrogens with zero attached hydrogens (tertiary/aromatic N) is 1. The monoisotopic (exact) mass is 356 g/mol. The number of nitrogens with one attached hydrogen (secondary N) is 1. The summed E-state index contributed by atoms with van der Waals surface area (Å²) in [6.07, 6.45) is 0. The Hall–Kier alpha value is -0.750. The van der Waals surface area contributed by atoms with Crippen LogP contribution in [0.15, 0.2) is 24.3 Å². The number of rotatable bonds is 7. The van der Waals surface area contributed by atoms with Gasteiger partial charge in [-0.2, -0.15) is 0 Å². The van der Waals surface area contributed by atoms with Crippen molar-refractivity contribution < 1.29 is 9.53 Å². The second kappa shape index (κ2) is 8.92. The first kappa shape index (κ1) is 18.6. The molecule has 1 aliphatic heterocycles. The number of carbonyl (C=O) groups excluding carboxylic acids is 1. The van der Waals surface area contributed by atoms with Crippen LogP contribution in [0.2, 0.25) is 5.02 Å². The molecule has 2 rings (SSSR count). The number of halogens is 1. The van der Waals surface area contributed by atoms with Gasteiger partial charge in [0.15, 0.2) is 0 Å². The number of ether oxygens (including phenoxy) is 1. The Kier molecular flexibility index (Phi) is 7.21. The topological polar surface area (TPSA) is 41.6 Å². The lowest BCUT2D eigenvalue weighted by Gasteiger charge is -2.40. The molecular formula is C17H25ClN2O2S. The molecule has 0 radical (unpaired) electrons. The predicted molar refractivity (Wildman–Crippen MR) is 97.1 cm³/mol. The van der Waals surface area contributed by atoms with Crippen molar-refractivity contribution in [3.05, 3.63) is 34.9 Å². The zero-order valence-corrected chi connectivity index (χ0v) is 15.4. The van der Waals surface area contributed by atoms with E-state index in [4.69, 9.17) is 16.3 Å². The van der Waals surface area contributed by atoms with Crippen LogP contribution in [0.3, 0.4) is 0 Å².